The lowest BCUT2D eigenvalue weighted by Gasteiger charge is -2.37. The molecule has 0 aliphatic heterocycles. The van der Waals surface area contributed by atoms with Gasteiger partial charge in [-0.25, -0.2) is 0 Å². The fraction of sp³-hybridized carbons (Fsp3) is 0.143. The third kappa shape index (κ3) is 3.65. The van der Waals surface area contributed by atoms with Gasteiger partial charge in [0.1, 0.15) is 17.1 Å². The van der Waals surface area contributed by atoms with E-state index in [1.54, 1.807) is 54.6 Å². The topological polar surface area (TPSA) is 143 Å². The van der Waals surface area contributed by atoms with Crippen molar-refractivity contribution in [2.45, 2.75) is 11.5 Å². The summed E-state index contributed by atoms with van der Waals surface area (Å²) in [6, 6.07) is 13.6. The number of nitrogens with two attached hydrogens (primary N) is 1. The molecule has 0 spiro atoms. The maximum Gasteiger partial charge on any atom is 0.263 e. The number of nitrogen functional groups attached to an aromatic ring is 1. The number of rotatable bonds is 5. The number of phenolic OH excluding ortho intramolecular Hbond substituents is 2. The first kappa shape index (κ1) is 19.3. The van der Waals surface area contributed by atoms with Crippen LogP contribution < -0.4 is 5.73 Å². The zero-order valence-electron chi connectivity index (χ0n) is 15.8. The van der Waals surface area contributed by atoms with Crippen LogP contribution in [0, 0.1) is 5.92 Å². The van der Waals surface area contributed by atoms with Crippen molar-refractivity contribution >= 4 is 12.2 Å². The summed E-state index contributed by atoms with van der Waals surface area (Å²) in [5, 5.41) is 46.6. The minimum atomic E-state index is -1.53. The van der Waals surface area contributed by atoms with Gasteiger partial charge in [0, 0.05) is 17.4 Å². The van der Waals surface area contributed by atoms with E-state index >= 15 is 0 Å². The quantitative estimate of drug-likeness (QED) is 0.475. The van der Waals surface area contributed by atoms with E-state index in [0.29, 0.717) is 5.56 Å². The fourth-order valence-electron chi connectivity index (χ4n) is 3.60. The zero-order chi connectivity index (χ0) is 21.1. The molecule has 2 aromatic carbocycles. The van der Waals surface area contributed by atoms with E-state index in [0.717, 1.165) is 10.4 Å². The predicted molar refractivity (Wildman–Crippen MR) is 111 cm³/mol. The molecule has 0 bridgehead atoms. The van der Waals surface area contributed by atoms with E-state index in [4.69, 9.17) is 5.73 Å². The number of hydrogen-bond donors (Lipinski definition) is 4. The van der Waals surface area contributed by atoms with E-state index in [-0.39, 0.29) is 17.4 Å². The van der Waals surface area contributed by atoms with Gasteiger partial charge in [-0.2, -0.15) is 5.10 Å². The van der Waals surface area contributed by atoms with Gasteiger partial charge in [0.2, 0.25) is 0 Å². The molecule has 3 unspecified atom stereocenters. The summed E-state index contributed by atoms with van der Waals surface area (Å²) in [6.45, 7) is 0. The molecule has 1 aromatic heterocycles. The second kappa shape index (κ2) is 7.80. The Balaban J connectivity index is 1.82. The Morgan fingerprint density at radius 3 is 2.57 bits per heavy atom. The van der Waals surface area contributed by atoms with Crippen molar-refractivity contribution in [1.82, 2.24) is 20.3 Å². The van der Waals surface area contributed by atoms with Gasteiger partial charge < -0.3 is 21.1 Å². The van der Waals surface area contributed by atoms with Crippen LogP contribution in [0.15, 0.2) is 77.9 Å². The molecule has 30 heavy (non-hydrogen) atoms. The average molecular weight is 404 g/mol. The second-order valence-corrected chi connectivity index (χ2v) is 6.96. The number of nitrogens with zero attached hydrogens (tertiary/aromatic N) is 5. The van der Waals surface area contributed by atoms with Gasteiger partial charge in [-0.15, -0.1) is 0 Å². The van der Waals surface area contributed by atoms with Crippen LogP contribution in [0.2, 0.25) is 0 Å². The van der Waals surface area contributed by atoms with E-state index in [1.165, 1.54) is 6.21 Å². The normalized spacial score (nSPS) is 21.8. The zero-order valence-corrected chi connectivity index (χ0v) is 15.8. The highest BCUT2D eigenvalue weighted by molar-refractivity contribution is 5.74. The summed E-state index contributed by atoms with van der Waals surface area (Å²) >= 11 is 0. The molecule has 5 N–H and O–H groups in total. The van der Waals surface area contributed by atoms with Crippen molar-refractivity contribution in [1.29, 1.82) is 0 Å². The maximum atomic E-state index is 11.5. The monoisotopic (exact) mass is 404 g/mol. The highest BCUT2D eigenvalue weighted by Crippen LogP contribution is 2.43. The van der Waals surface area contributed by atoms with Crippen LogP contribution >= 0.6 is 0 Å². The van der Waals surface area contributed by atoms with Crippen LogP contribution in [0.1, 0.15) is 17.0 Å². The first-order valence-electron chi connectivity index (χ1n) is 9.22. The summed E-state index contributed by atoms with van der Waals surface area (Å²) < 4.78 is 0. The van der Waals surface area contributed by atoms with Crippen LogP contribution in [-0.2, 0) is 0 Å². The molecule has 1 heterocycles. The van der Waals surface area contributed by atoms with Gasteiger partial charge in [-0.05, 0) is 40.3 Å². The van der Waals surface area contributed by atoms with E-state index in [2.05, 4.69) is 20.6 Å². The van der Waals surface area contributed by atoms with Crippen LogP contribution in [0.3, 0.4) is 0 Å². The minimum absolute atomic E-state index is 0.0162. The number of anilines is 1. The van der Waals surface area contributed by atoms with Crippen LogP contribution in [0.5, 0.6) is 11.5 Å². The van der Waals surface area contributed by atoms with E-state index in [1.807, 2.05) is 18.2 Å². The first-order valence-corrected chi connectivity index (χ1v) is 9.22. The SMILES string of the molecule is Nc1nnnn1N=CC1(O)C=CC=CC1C(c1ccc(O)cc1)c1ccccc1O. The lowest BCUT2D eigenvalue weighted by Crippen LogP contribution is -2.41. The molecule has 4 rings (SSSR count). The maximum absolute atomic E-state index is 11.5. The van der Waals surface area contributed by atoms with Crippen LogP contribution in [0.4, 0.5) is 5.95 Å². The van der Waals surface area contributed by atoms with Crippen molar-refractivity contribution in [3.05, 3.63) is 84.0 Å². The Morgan fingerprint density at radius 2 is 1.87 bits per heavy atom. The Morgan fingerprint density at radius 1 is 1.10 bits per heavy atom. The average Bonchev–Trinajstić information content (AvgIpc) is 3.16. The molecule has 0 saturated carbocycles. The number of para-hydroxylation sites is 1. The molecule has 1 aliphatic carbocycles. The summed E-state index contributed by atoms with van der Waals surface area (Å²) in [5.74, 6) is -0.780. The molecule has 0 radical (unpaired) electrons. The van der Waals surface area contributed by atoms with Crippen molar-refractivity contribution in [3.63, 3.8) is 0 Å². The van der Waals surface area contributed by atoms with Crippen LogP contribution in [0.25, 0.3) is 0 Å². The summed E-state index contributed by atoms with van der Waals surface area (Å²) in [7, 11) is 0. The number of tetrazole rings is 1. The molecular weight excluding hydrogens is 384 g/mol. The van der Waals surface area contributed by atoms with Gasteiger partial charge >= 0.3 is 0 Å². The number of hydrogen-bond acceptors (Lipinski definition) is 8. The summed E-state index contributed by atoms with van der Waals surface area (Å²) in [5.41, 5.74) is 5.55. The molecule has 0 saturated heterocycles. The van der Waals surface area contributed by atoms with Gasteiger partial charge in [0.25, 0.3) is 5.95 Å². The Kier molecular flexibility index (Phi) is 5.03. The molecule has 3 aromatic rings. The number of benzene rings is 2. The molecule has 3 atom stereocenters. The Labute approximate surface area is 172 Å². The minimum Gasteiger partial charge on any atom is -0.508 e. The lowest BCUT2D eigenvalue weighted by molar-refractivity contribution is 0.111. The number of aromatic nitrogens is 4. The number of aliphatic hydroxyl groups is 1. The fourth-order valence-corrected chi connectivity index (χ4v) is 3.60. The highest BCUT2D eigenvalue weighted by Gasteiger charge is 2.40. The Bertz CT molecular complexity index is 1120. The number of allylic oxidation sites excluding steroid dienone is 2. The summed E-state index contributed by atoms with van der Waals surface area (Å²) in [6.07, 6.45) is 8.31. The smallest absolute Gasteiger partial charge is 0.263 e. The second-order valence-electron chi connectivity index (χ2n) is 6.96. The standard InChI is InChI=1S/C21H20N6O3/c22-20-24-25-26-27(20)23-13-21(30)12-4-3-6-17(21)19(14-8-10-15(28)11-9-14)16-5-1-2-7-18(16)29/h1-13,17,19,28-30H,(H2,22,24,26). The third-order valence-corrected chi connectivity index (χ3v) is 5.06. The van der Waals surface area contributed by atoms with Gasteiger partial charge in [-0.3, -0.25) is 0 Å². The highest BCUT2D eigenvalue weighted by atomic mass is 16.3. The van der Waals surface area contributed by atoms with Gasteiger partial charge in [0.05, 0.1) is 6.21 Å². The molecule has 9 nitrogen and oxygen atoms in total. The van der Waals surface area contributed by atoms with Gasteiger partial charge in [0.15, 0.2) is 0 Å². The molecule has 0 amide bonds. The Hall–Kier alpha value is -3.98. The van der Waals surface area contributed by atoms with Crippen LogP contribution in [-0.4, -0.2) is 47.5 Å². The molecular formula is C21H20N6O3. The largest absolute Gasteiger partial charge is 0.508 e. The molecule has 1 aliphatic rings. The molecule has 152 valence electrons. The third-order valence-electron chi connectivity index (χ3n) is 5.06. The summed E-state index contributed by atoms with van der Waals surface area (Å²) in [4.78, 5) is 1.01. The lowest BCUT2D eigenvalue weighted by atomic mass is 9.70. The predicted octanol–water partition coefficient (Wildman–Crippen LogP) is 1.81. The van der Waals surface area contributed by atoms with Crippen molar-refractivity contribution < 1.29 is 15.3 Å². The van der Waals surface area contributed by atoms with Gasteiger partial charge in [-0.1, -0.05) is 58.4 Å². The van der Waals surface area contributed by atoms with Crippen molar-refractivity contribution in [2.24, 2.45) is 11.0 Å². The van der Waals surface area contributed by atoms with E-state index in [9.17, 15) is 15.3 Å². The van der Waals surface area contributed by atoms with Crippen molar-refractivity contribution in [2.75, 3.05) is 5.73 Å². The van der Waals surface area contributed by atoms with Crippen molar-refractivity contribution in [3.8, 4) is 11.5 Å². The number of phenols is 2. The first-order chi connectivity index (χ1) is 14.5. The molecule has 0 fully saturated rings. The molecule has 9 heteroatoms. The number of aromatic hydroxyl groups is 2. The van der Waals surface area contributed by atoms with E-state index < -0.39 is 17.4 Å².